The van der Waals surface area contributed by atoms with Gasteiger partial charge in [-0.1, -0.05) is 59.8 Å². The number of rotatable bonds is 11. The van der Waals surface area contributed by atoms with Gasteiger partial charge < -0.3 is 19.6 Å². The van der Waals surface area contributed by atoms with Crippen LogP contribution in [-0.2, 0) is 17.5 Å². The Morgan fingerprint density at radius 1 is 1.00 bits per heavy atom. The largest absolute Gasteiger partial charge is 0.411 e. The summed E-state index contributed by atoms with van der Waals surface area (Å²) in [6.07, 6.45) is 2.44. The molecule has 0 radical (unpaired) electrons. The third kappa shape index (κ3) is 5.56. The summed E-state index contributed by atoms with van der Waals surface area (Å²) < 4.78 is 7.31. The van der Waals surface area contributed by atoms with E-state index in [9.17, 15) is 5.21 Å². The van der Waals surface area contributed by atoms with Crippen LogP contribution in [0.2, 0.25) is 0 Å². The lowest BCUT2D eigenvalue weighted by Gasteiger charge is -2.09. The Bertz CT molecular complexity index is 1240. The van der Waals surface area contributed by atoms with Crippen molar-refractivity contribution in [3.8, 4) is 5.69 Å². The lowest BCUT2D eigenvalue weighted by Crippen LogP contribution is -2.15. The van der Waals surface area contributed by atoms with E-state index in [1.165, 1.54) is 11.1 Å². The second kappa shape index (κ2) is 11.9. The van der Waals surface area contributed by atoms with Crippen LogP contribution < -0.4 is 5.32 Å². The number of hydrogen-bond donors (Lipinski definition) is 2. The SMILES string of the molecule is Cc1c(/C(CCc2ccccc2)=N/O)c2cc(CNCCCOP)ccc2n1-c1ccccc1. The number of nitrogens with zero attached hydrogens (tertiary/aromatic N) is 2. The molecule has 0 bridgehead atoms. The fourth-order valence-corrected chi connectivity index (χ4v) is 4.66. The van der Waals surface area contributed by atoms with E-state index in [-0.39, 0.29) is 0 Å². The molecule has 0 spiro atoms. The highest BCUT2D eigenvalue weighted by molar-refractivity contribution is 7.09. The monoisotopic (exact) mass is 473 g/mol. The summed E-state index contributed by atoms with van der Waals surface area (Å²) in [5.41, 5.74) is 7.43. The molecule has 1 atom stereocenters. The molecule has 4 rings (SSSR count). The molecule has 0 aliphatic rings. The molecule has 34 heavy (non-hydrogen) atoms. The first kappa shape index (κ1) is 24.2. The fourth-order valence-electron chi connectivity index (χ4n) is 4.50. The van der Waals surface area contributed by atoms with E-state index in [2.05, 4.69) is 73.9 Å². The molecule has 2 N–H and O–H groups in total. The maximum atomic E-state index is 10.1. The summed E-state index contributed by atoms with van der Waals surface area (Å²) in [5.74, 6) is 0. The predicted molar refractivity (Wildman–Crippen MR) is 143 cm³/mol. The van der Waals surface area contributed by atoms with Gasteiger partial charge in [-0.25, -0.2) is 0 Å². The first-order valence-electron chi connectivity index (χ1n) is 11.7. The summed E-state index contributed by atoms with van der Waals surface area (Å²) in [4.78, 5) is 0. The molecule has 1 aromatic heterocycles. The van der Waals surface area contributed by atoms with Crippen LogP contribution in [0.5, 0.6) is 0 Å². The summed E-state index contributed by atoms with van der Waals surface area (Å²) in [6.45, 7) is 4.50. The molecular weight excluding hydrogens is 441 g/mol. The first-order chi connectivity index (χ1) is 16.7. The van der Waals surface area contributed by atoms with Gasteiger partial charge in [-0.2, -0.15) is 0 Å². The van der Waals surface area contributed by atoms with Gasteiger partial charge >= 0.3 is 0 Å². The van der Waals surface area contributed by atoms with Gasteiger partial charge in [0, 0.05) is 38.3 Å². The maximum Gasteiger partial charge on any atom is 0.0895 e. The van der Waals surface area contributed by atoms with Crippen LogP contribution >= 0.6 is 9.47 Å². The molecule has 176 valence electrons. The van der Waals surface area contributed by atoms with Gasteiger partial charge in [-0.15, -0.1) is 0 Å². The number of para-hydroxylation sites is 1. The van der Waals surface area contributed by atoms with Crippen LogP contribution in [0.3, 0.4) is 0 Å². The number of oxime groups is 1. The van der Waals surface area contributed by atoms with E-state index in [1.807, 2.05) is 36.4 Å². The van der Waals surface area contributed by atoms with Crippen LogP contribution in [0.25, 0.3) is 16.6 Å². The average molecular weight is 474 g/mol. The van der Waals surface area contributed by atoms with Gasteiger partial charge in [0.05, 0.1) is 17.8 Å². The Labute approximate surface area is 203 Å². The molecule has 0 fully saturated rings. The highest BCUT2D eigenvalue weighted by Gasteiger charge is 2.20. The van der Waals surface area contributed by atoms with Crippen LogP contribution in [0.1, 0.15) is 35.2 Å². The van der Waals surface area contributed by atoms with Crippen molar-refractivity contribution in [1.29, 1.82) is 0 Å². The summed E-state index contributed by atoms with van der Waals surface area (Å²) in [5, 5.41) is 18.5. The van der Waals surface area contributed by atoms with Crippen LogP contribution in [-0.4, -0.2) is 28.6 Å². The van der Waals surface area contributed by atoms with Crippen molar-refractivity contribution >= 4 is 26.1 Å². The summed E-state index contributed by atoms with van der Waals surface area (Å²) >= 11 is 0. The second-order valence-electron chi connectivity index (χ2n) is 8.42. The van der Waals surface area contributed by atoms with E-state index >= 15 is 0 Å². The Balaban J connectivity index is 1.71. The van der Waals surface area contributed by atoms with Gasteiger partial charge in [0.25, 0.3) is 0 Å². The predicted octanol–water partition coefficient (Wildman–Crippen LogP) is 6.04. The molecule has 0 saturated heterocycles. The maximum absolute atomic E-state index is 10.1. The zero-order valence-electron chi connectivity index (χ0n) is 19.6. The summed E-state index contributed by atoms with van der Waals surface area (Å²) in [7, 11) is 2.29. The Kier molecular flexibility index (Phi) is 8.48. The highest BCUT2D eigenvalue weighted by Crippen LogP contribution is 2.31. The Hall–Kier alpha value is -2.98. The molecule has 0 aliphatic heterocycles. The first-order valence-corrected chi connectivity index (χ1v) is 12.2. The minimum atomic E-state index is 0.659. The van der Waals surface area contributed by atoms with Gasteiger partial charge in [0.15, 0.2) is 0 Å². The van der Waals surface area contributed by atoms with Gasteiger partial charge in [-0.3, -0.25) is 0 Å². The minimum absolute atomic E-state index is 0.659. The average Bonchev–Trinajstić information content (AvgIpc) is 3.16. The van der Waals surface area contributed by atoms with Crippen molar-refractivity contribution in [3.05, 3.63) is 101 Å². The standard InChI is InChI=1S/C28H32N3O2P/c1-21-28(26(30-32)15-13-22-9-4-2-5-10-22)25-19-23(20-29-17-8-18-33-34)14-16-27(25)31(21)24-11-6-3-7-12-24/h2-7,9-12,14,16,19,29,32H,8,13,15,17-18,20,34H2,1H3/b30-26+. The van der Waals surface area contributed by atoms with E-state index < -0.39 is 0 Å². The van der Waals surface area contributed by atoms with Crippen molar-refractivity contribution in [3.63, 3.8) is 0 Å². The van der Waals surface area contributed by atoms with Crippen molar-refractivity contribution in [2.75, 3.05) is 13.2 Å². The van der Waals surface area contributed by atoms with E-state index in [4.69, 9.17) is 4.52 Å². The number of nitrogens with one attached hydrogen (secondary N) is 1. The molecule has 1 unspecified atom stereocenters. The van der Waals surface area contributed by atoms with Crippen LogP contribution in [0.4, 0.5) is 0 Å². The van der Waals surface area contributed by atoms with Crippen molar-refractivity contribution < 1.29 is 9.73 Å². The van der Waals surface area contributed by atoms with Crippen molar-refractivity contribution in [2.24, 2.45) is 5.16 Å². The zero-order valence-corrected chi connectivity index (χ0v) is 20.7. The Morgan fingerprint density at radius 3 is 2.44 bits per heavy atom. The van der Waals surface area contributed by atoms with Crippen LogP contribution in [0, 0.1) is 6.92 Å². The molecule has 6 heteroatoms. The van der Waals surface area contributed by atoms with Gasteiger partial charge in [0.1, 0.15) is 0 Å². The molecule has 0 aliphatic carbocycles. The number of aryl methyl sites for hydroxylation is 1. The van der Waals surface area contributed by atoms with Crippen LogP contribution in [0.15, 0.2) is 84.0 Å². The van der Waals surface area contributed by atoms with E-state index in [1.54, 1.807) is 0 Å². The quantitative estimate of drug-likeness (QED) is 0.0919. The lowest BCUT2D eigenvalue weighted by atomic mass is 9.98. The third-order valence-electron chi connectivity index (χ3n) is 6.13. The number of aromatic nitrogens is 1. The highest BCUT2D eigenvalue weighted by atomic mass is 31.0. The smallest absolute Gasteiger partial charge is 0.0895 e. The van der Waals surface area contributed by atoms with Crippen molar-refractivity contribution in [1.82, 2.24) is 9.88 Å². The van der Waals surface area contributed by atoms with Gasteiger partial charge in [-0.05, 0) is 68.1 Å². The molecule has 1 heterocycles. The molecule has 0 amide bonds. The van der Waals surface area contributed by atoms with Gasteiger partial charge in [0.2, 0.25) is 0 Å². The number of fused-ring (bicyclic) bond motifs is 1. The fraction of sp³-hybridized carbons (Fsp3) is 0.250. The summed E-state index contributed by atoms with van der Waals surface area (Å²) in [6, 6.07) is 27.2. The third-order valence-corrected chi connectivity index (χ3v) is 6.37. The topological polar surface area (TPSA) is 58.8 Å². The lowest BCUT2D eigenvalue weighted by molar-refractivity contribution is 0.318. The normalized spacial score (nSPS) is 11.9. The molecular formula is C28H32N3O2P. The number of hydrogen-bond acceptors (Lipinski definition) is 4. The van der Waals surface area contributed by atoms with E-state index in [0.717, 1.165) is 60.4 Å². The molecule has 5 nitrogen and oxygen atoms in total. The van der Waals surface area contributed by atoms with E-state index in [0.29, 0.717) is 12.1 Å². The second-order valence-corrected chi connectivity index (χ2v) is 8.75. The van der Waals surface area contributed by atoms with Crippen molar-refractivity contribution in [2.45, 2.75) is 32.7 Å². The molecule has 3 aromatic carbocycles. The Morgan fingerprint density at radius 2 is 1.74 bits per heavy atom. The molecule has 0 saturated carbocycles. The zero-order chi connectivity index (χ0) is 23.8. The molecule has 4 aromatic rings. The number of benzene rings is 3. The minimum Gasteiger partial charge on any atom is -0.411 e.